The van der Waals surface area contributed by atoms with Gasteiger partial charge in [0.1, 0.15) is 0 Å². The van der Waals surface area contributed by atoms with Crippen LogP contribution in [0.25, 0.3) is 6.08 Å². The van der Waals surface area contributed by atoms with Crippen molar-refractivity contribution in [3.8, 4) is 0 Å². The zero-order chi connectivity index (χ0) is 14.5. The topological polar surface area (TPSA) is 92.2 Å². The van der Waals surface area contributed by atoms with Gasteiger partial charge in [0.05, 0.1) is 11.8 Å². The molecule has 8 heteroatoms. The van der Waals surface area contributed by atoms with Gasteiger partial charge in [-0.1, -0.05) is 11.3 Å². The van der Waals surface area contributed by atoms with E-state index in [9.17, 15) is 14.0 Å². The molecular weight excluding hydrogens is 285 g/mol. The molecule has 2 aromatic heterocycles. The molecule has 20 heavy (non-hydrogen) atoms. The minimum Gasteiger partial charge on any atom is -0.478 e. The number of hydrogen-bond acceptors (Lipinski definition) is 5. The van der Waals surface area contributed by atoms with Crippen LogP contribution in [-0.2, 0) is 4.79 Å². The lowest BCUT2D eigenvalue weighted by Crippen LogP contribution is -2.13. The molecule has 0 aliphatic heterocycles. The van der Waals surface area contributed by atoms with Crippen LogP contribution in [0.1, 0.15) is 15.2 Å². The van der Waals surface area contributed by atoms with E-state index in [4.69, 9.17) is 5.11 Å². The Morgan fingerprint density at radius 3 is 2.90 bits per heavy atom. The van der Waals surface area contributed by atoms with Crippen LogP contribution in [0.2, 0.25) is 0 Å². The molecule has 0 aromatic carbocycles. The summed E-state index contributed by atoms with van der Waals surface area (Å²) in [5.41, 5.74) is -0.141. The molecule has 0 radical (unpaired) electrons. The molecule has 2 aromatic rings. The predicted molar refractivity (Wildman–Crippen MR) is 70.9 cm³/mol. The number of carboxylic acids is 1. The smallest absolute Gasteiger partial charge is 0.328 e. The van der Waals surface area contributed by atoms with Crippen molar-refractivity contribution in [2.45, 2.75) is 0 Å². The first-order chi connectivity index (χ1) is 9.56. The van der Waals surface area contributed by atoms with Crippen LogP contribution in [0.5, 0.6) is 0 Å². The summed E-state index contributed by atoms with van der Waals surface area (Å²) >= 11 is 1.07. The van der Waals surface area contributed by atoms with E-state index < -0.39 is 17.7 Å². The van der Waals surface area contributed by atoms with Crippen molar-refractivity contribution in [1.82, 2.24) is 9.97 Å². The second-order valence-electron chi connectivity index (χ2n) is 3.55. The van der Waals surface area contributed by atoms with E-state index in [1.165, 1.54) is 24.5 Å². The summed E-state index contributed by atoms with van der Waals surface area (Å²) < 4.78 is 13.3. The monoisotopic (exact) mass is 293 g/mol. The SMILES string of the molecule is O=C(O)C=Cc1cnc(NC(=O)c2ccncc2F)s1. The normalized spacial score (nSPS) is 10.7. The molecule has 2 heterocycles. The molecule has 0 saturated heterocycles. The third-order valence-electron chi connectivity index (χ3n) is 2.15. The van der Waals surface area contributed by atoms with Gasteiger partial charge in [0.2, 0.25) is 0 Å². The van der Waals surface area contributed by atoms with Crippen LogP contribution in [0.3, 0.4) is 0 Å². The first kappa shape index (κ1) is 13.8. The average Bonchev–Trinajstić information content (AvgIpc) is 2.84. The third-order valence-corrected chi connectivity index (χ3v) is 3.03. The molecule has 0 fully saturated rings. The lowest BCUT2D eigenvalue weighted by Gasteiger charge is -2.01. The maximum absolute atomic E-state index is 13.3. The first-order valence-electron chi connectivity index (χ1n) is 5.34. The minimum absolute atomic E-state index is 0.141. The molecular formula is C12H8FN3O3S. The summed E-state index contributed by atoms with van der Waals surface area (Å²) in [6, 6.07) is 1.25. The van der Waals surface area contributed by atoms with E-state index >= 15 is 0 Å². The number of carboxylic acid groups (broad SMARTS) is 1. The number of carbonyl (C=O) groups excluding carboxylic acids is 1. The van der Waals surface area contributed by atoms with Gasteiger partial charge < -0.3 is 5.11 Å². The van der Waals surface area contributed by atoms with Crippen LogP contribution in [0.15, 0.2) is 30.7 Å². The zero-order valence-electron chi connectivity index (χ0n) is 9.91. The number of nitrogens with zero attached hydrogens (tertiary/aromatic N) is 2. The Balaban J connectivity index is 2.09. The number of rotatable bonds is 4. The Hall–Kier alpha value is -2.61. The number of anilines is 1. The van der Waals surface area contributed by atoms with Gasteiger partial charge in [-0.2, -0.15) is 0 Å². The van der Waals surface area contributed by atoms with Crippen LogP contribution in [0.4, 0.5) is 9.52 Å². The number of aromatic nitrogens is 2. The average molecular weight is 293 g/mol. The Labute approximate surface area is 116 Å². The Morgan fingerprint density at radius 1 is 1.40 bits per heavy atom. The Morgan fingerprint density at radius 2 is 2.20 bits per heavy atom. The molecule has 1 amide bonds. The summed E-state index contributed by atoms with van der Waals surface area (Å²) in [6.45, 7) is 0. The summed E-state index contributed by atoms with van der Waals surface area (Å²) in [5, 5.41) is 11.2. The quantitative estimate of drug-likeness (QED) is 0.841. The molecule has 2 N–H and O–H groups in total. The highest BCUT2D eigenvalue weighted by Gasteiger charge is 2.12. The van der Waals surface area contributed by atoms with Crippen molar-refractivity contribution < 1.29 is 19.1 Å². The maximum atomic E-state index is 13.3. The van der Waals surface area contributed by atoms with E-state index in [1.807, 2.05) is 0 Å². The van der Waals surface area contributed by atoms with E-state index in [2.05, 4.69) is 15.3 Å². The highest BCUT2D eigenvalue weighted by Crippen LogP contribution is 2.20. The lowest BCUT2D eigenvalue weighted by molar-refractivity contribution is -0.131. The zero-order valence-corrected chi connectivity index (χ0v) is 10.7. The van der Waals surface area contributed by atoms with E-state index in [-0.39, 0.29) is 10.7 Å². The van der Waals surface area contributed by atoms with E-state index in [1.54, 1.807) is 0 Å². The van der Waals surface area contributed by atoms with Gasteiger partial charge in [0, 0.05) is 23.3 Å². The number of pyridine rings is 1. The maximum Gasteiger partial charge on any atom is 0.328 e. The summed E-state index contributed by atoms with van der Waals surface area (Å²) in [7, 11) is 0. The lowest BCUT2D eigenvalue weighted by atomic mass is 10.2. The summed E-state index contributed by atoms with van der Waals surface area (Å²) in [6.07, 6.45) is 5.96. The number of nitrogens with one attached hydrogen (secondary N) is 1. The summed E-state index contributed by atoms with van der Waals surface area (Å²) in [5.74, 6) is -2.46. The number of amides is 1. The van der Waals surface area contributed by atoms with Crippen molar-refractivity contribution in [2.24, 2.45) is 0 Å². The third kappa shape index (κ3) is 3.45. The number of hydrogen-bond donors (Lipinski definition) is 2. The number of aliphatic carboxylic acids is 1. The van der Waals surface area contributed by atoms with Crippen LogP contribution in [0, 0.1) is 5.82 Å². The first-order valence-corrected chi connectivity index (χ1v) is 6.15. The Kier molecular flexibility index (Phi) is 4.16. The highest BCUT2D eigenvalue weighted by atomic mass is 32.1. The fourth-order valence-electron chi connectivity index (χ4n) is 1.30. The largest absolute Gasteiger partial charge is 0.478 e. The van der Waals surface area contributed by atoms with Crippen LogP contribution in [-0.4, -0.2) is 27.0 Å². The molecule has 0 aliphatic rings. The van der Waals surface area contributed by atoms with Crippen LogP contribution >= 0.6 is 11.3 Å². The van der Waals surface area contributed by atoms with E-state index in [0.29, 0.717) is 4.88 Å². The van der Waals surface area contributed by atoms with Crippen molar-refractivity contribution in [3.05, 3.63) is 47.0 Å². The van der Waals surface area contributed by atoms with Gasteiger partial charge in [-0.05, 0) is 12.1 Å². The minimum atomic E-state index is -1.08. The molecule has 0 aliphatic carbocycles. The van der Waals surface area contributed by atoms with Crippen molar-refractivity contribution in [3.63, 3.8) is 0 Å². The second-order valence-corrected chi connectivity index (χ2v) is 4.61. The number of thiazole rings is 1. The van der Waals surface area contributed by atoms with Gasteiger partial charge >= 0.3 is 5.97 Å². The summed E-state index contributed by atoms with van der Waals surface area (Å²) in [4.78, 5) is 30.1. The van der Waals surface area contributed by atoms with Gasteiger partial charge in [-0.15, -0.1) is 0 Å². The van der Waals surface area contributed by atoms with Crippen molar-refractivity contribution in [2.75, 3.05) is 5.32 Å². The second kappa shape index (κ2) is 6.02. The Bertz CT molecular complexity index is 684. The molecule has 0 bridgehead atoms. The molecule has 6 nitrogen and oxygen atoms in total. The van der Waals surface area contributed by atoms with Crippen molar-refractivity contribution in [1.29, 1.82) is 0 Å². The molecule has 0 unspecified atom stereocenters. The molecule has 102 valence electrons. The fraction of sp³-hybridized carbons (Fsp3) is 0. The van der Waals surface area contributed by atoms with Gasteiger partial charge in [0.25, 0.3) is 5.91 Å². The van der Waals surface area contributed by atoms with Gasteiger partial charge in [0.15, 0.2) is 10.9 Å². The standard InChI is InChI=1S/C12H8FN3O3S/c13-9-6-14-4-3-8(9)11(19)16-12-15-5-7(20-12)1-2-10(17)18/h1-6H,(H,17,18)(H,15,16,19). The molecule has 2 rings (SSSR count). The number of halogens is 1. The number of carbonyl (C=O) groups is 2. The fourth-order valence-corrected chi connectivity index (χ4v) is 2.01. The molecule has 0 spiro atoms. The van der Waals surface area contributed by atoms with Gasteiger partial charge in [-0.3, -0.25) is 15.1 Å². The highest BCUT2D eigenvalue weighted by molar-refractivity contribution is 7.16. The molecule has 0 atom stereocenters. The van der Waals surface area contributed by atoms with Crippen molar-refractivity contribution >= 4 is 34.4 Å². The van der Waals surface area contributed by atoms with E-state index in [0.717, 1.165) is 23.6 Å². The van der Waals surface area contributed by atoms with Crippen LogP contribution < -0.4 is 5.32 Å². The van der Waals surface area contributed by atoms with Gasteiger partial charge in [-0.25, -0.2) is 14.2 Å². The predicted octanol–water partition coefficient (Wildman–Crippen LogP) is 2.03. The molecule has 0 saturated carbocycles.